The SMILES string of the molecule is CC(C)(C)[Si](C)(C)OC1=Cc2cc(Cl)cc(Cl)c2CC1. The van der Waals surface area contributed by atoms with E-state index in [0.29, 0.717) is 5.02 Å². The highest BCUT2D eigenvalue weighted by Gasteiger charge is 2.39. The van der Waals surface area contributed by atoms with Crippen molar-refractivity contribution in [2.24, 2.45) is 0 Å². The summed E-state index contributed by atoms with van der Waals surface area (Å²) in [6, 6.07) is 3.78. The molecule has 110 valence electrons. The van der Waals surface area contributed by atoms with Crippen molar-refractivity contribution in [3.8, 4) is 0 Å². The van der Waals surface area contributed by atoms with Gasteiger partial charge in [-0.05, 0) is 53.9 Å². The normalized spacial score (nSPS) is 15.7. The molecule has 0 atom stereocenters. The third kappa shape index (κ3) is 3.24. The third-order valence-corrected chi connectivity index (χ3v) is 9.27. The first-order chi connectivity index (χ1) is 9.10. The molecule has 0 aromatic heterocycles. The third-order valence-electron chi connectivity index (χ3n) is 4.33. The molecule has 0 saturated carbocycles. The van der Waals surface area contributed by atoms with Gasteiger partial charge in [0, 0.05) is 16.5 Å². The summed E-state index contributed by atoms with van der Waals surface area (Å²) < 4.78 is 6.39. The Morgan fingerprint density at radius 1 is 1.10 bits per heavy atom. The lowest BCUT2D eigenvalue weighted by atomic mass is 9.96. The molecule has 0 fully saturated rings. The minimum atomic E-state index is -1.78. The van der Waals surface area contributed by atoms with Crippen LogP contribution >= 0.6 is 23.2 Å². The molecule has 1 aliphatic carbocycles. The van der Waals surface area contributed by atoms with Crippen LogP contribution in [0.3, 0.4) is 0 Å². The highest BCUT2D eigenvalue weighted by Crippen LogP contribution is 2.40. The van der Waals surface area contributed by atoms with E-state index in [1.165, 1.54) is 5.56 Å². The van der Waals surface area contributed by atoms with Gasteiger partial charge in [-0.25, -0.2) is 0 Å². The second kappa shape index (κ2) is 5.40. The van der Waals surface area contributed by atoms with Crippen LogP contribution in [0.25, 0.3) is 6.08 Å². The van der Waals surface area contributed by atoms with E-state index in [2.05, 4.69) is 39.9 Å². The highest BCUT2D eigenvalue weighted by molar-refractivity contribution is 6.74. The minimum absolute atomic E-state index is 0.208. The van der Waals surface area contributed by atoms with Crippen molar-refractivity contribution < 1.29 is 4.43 Å². The smallest absolute Gasteiger partial charge is 0.250 e. The molecular formula is C16H22Cl2OSi. The van der Waals surface area contributed by atoms with Crippen LogP contribution in [0.4, 0.5) is 0 Å². The van der Waals surface area contributed by atoms with Crippen molar-refractivity contribution in [1.29, 1.82) is 0 Å². The fraction of sp³-hybridized carbons (Fsp3) is 0.500. The molecule has 1 aromatic carbocycles. The average molecular weight is 329 g/mol. The van der Waals surface area contributed by atoms with E-state index in [1.807, 2.05) is 12.1 Å². The topological polar surface area (TPSA) is 9.23 Å². The van der Waals surface area contributed by atoms with Gasteiger partial charge in [-0.3, -0.25) is 0 Å². The maximum atomic E-state index is 6.39. The molecule has 0 radical (unpaired) electrons. The predicted octanol–water partition coefficient (Wildman–Crippen LogP) is 6.30. The van der Waals surface area contributed by atoms with E-state index in [1.54, 1.807) is 0 Å². The van der Waals surface area contributed by atoms with Crippen molar-refractivity contribution in [2.45, 2.75) is 51.7 Å². The molecule has 0 N–H and O–H groups in total. The van der Waals surface area contributed by atoms with Gasteiger partial charge in [-0.2, -0.15) is 0 Å². The van der Waals surface area contributed by atoms with Crippen molar-refractivity contribution in [3.05, 3.63) is 39.1 Å². The zero-order valence-corrected chi connectivity index (χ0v) is 15.3. The van der Waals surface area contributed by atoms with E-state index in [9.17, 15) is 0 Å². The molecule has 0 amide bonds. The second-order valence-electron chi connectivity index (χ2n) is 6.93. The number of benzene rings is 1. The van der Waals surface area contributed by atoms with Crippen LogP contribution in [0.15, 0.2) is 17.9 Å². The van der Waals surface area contributed by atoms with Crippen molar-refractivity contribution in [2.75, 3.05) is 0 Å². The van der Waals surface area contributed by atoms with Gasteiger partial charge in [0.15, 0.2) is 0 Å². The Kier molecular flexibility index (Phi) is 4.30. The predicted molar refractivity (Wildman–Crippen MR) is 91.0 cm³/mol. The van der Waals surface area contributed by atoms with Gasteiger partial charge in [0.05, 0.1) is 5.76 Å². The largest absolute Gasteiger partial charge is 0.546 e. The Labute approximate surface area is 133 Å². The van der Waals surface area contributed by atoms with E-state index in [4.69, 9.17) is 27.6 Å². The van der Waals surface area contributed by atoms with E-state index in [-0.39, 0.29) is 5.04 Å². The average Bonchev–Trinajstić information content (AvgIpc) is 2.25. The molecule has 0 aliphatic heterocycles. The second-order valence-corrected chi connectivity index (χ2v) is 12.5. The first-order valence-electron chi connectivity index (χ1n) is 6.98. The molecule has 0 bridgehead atoms. The van der Waals surface area contributed by atoms with Gasteiger partial charge in [0.2, 0.25) is 8.32 Å². The summed E-state index contributed by atoms with van der Waals surface area (Å²) in [7, 11) is -1.78. The van der Waals surface area contributed by atoms with Gasteiger partial charge >= 0.3 is 0 Å². The zero-order chi connectivity index (χ0) is 15.1. The van der Waals surface area contributed by atoms with Gasteiger partial charge < -0.3 is 4.43 Å². The maximum absolute atomic E-state index is 6.39. The van der Waals surface area contributed by atoms with Crippen LogP contribution in [0.1, 0.15) is 38.3 Å². The molecule has 1 aromatic rings. The first-order valence-corrected chi connectivity index (χ1v) is 10.6. The van der Waals surface area contributed by atoms with Crippen molar-refractivity contribution in [3.63, 3.8) is 0 Å². The quantitative estimate of drug-likeness (QED) is 0.578. The lowest BCUT2D eigenvalue weighted by Crippen LogP contribution is -2.40. The zero-order valence-electron chi connectivity index (χ0n) is 12.8. The van der Waals surface area contributed by atoms with Gasteiger partial charge in [-0.15, -0.1) is 0 Å². The van der Waals surface area contributed by atoms with E-state index >= 15 is 0 Å². The van der Waals surface area contributed by atoms with Crippen LogP contribution in [0, 0.1) is 0 Å². The number of allylic oxidation sites excluding steroid dienone is 1. The lowest BCUT2D eigenvalue weighted by molar-refractivity contribution is 0.369. The molecular weight excluding hydrogens is 307 g/mol. The number of hydrogen-bond donors (Lipinski definition) is 0. The van der Waals surface area contributed by atoms with Crippen LogP contribution in [0.5, 0.6) is 0 Å². The monoisotopic (exact) mass is 328 g/mol. The molecule has 1 aliphatic rings. The summed E-state index contributed by atoms with van der Waals surface area (Å²) in [5.74, 6) is 1.07. The lowest BCUT2D eigenvalue weighted by Gasteiger charge is -2.38. The van der Waals surface area contributed by atoms with Crippen LogP contribution in [0.2, 0.25) is 28.2 Å². The Hall–Kier alpha value is -0.443. The Morgan fingerprint density at radius 3 is 2.35 bits per heavy atom. The number of rotatable bonds is 2. The first kappa shape index (κ1) is 15.9. The molecule has 4 heteroatoms. The molecule has 0 saturated heterocycles. The minimum Gasteiger partial charge on any atom is -0.546 e. The molecule has 1 nitrogen and oxygen atoms in total. The maximum Gasteiger partial charge on any atom is 0.250 e. The van der Waals surface area contributed by atoms with Gasteiger partial charge in [0.1, 0.15) is 0 Å². The molecule has 0 unspecified atom stereocenters. The van der Waals surface area contributed by atoms with Gasteiger partial charge in [0.25, 0.3) is 0 Å². The summed E-state index contributed by atoms with van der Waals surface area (Å²) in [6.45, 7) is 11.3. The van der Waals surface area contributed by atoms with Crippen molar-refractivity contribution >= 4 is 37.6 Å². The Morgan fingerprint density at radius 2 is 1.75 bits per heavy atom. The Balaban J connectivity index is 2.31. The fourth-order valence-corrected chi connectivity index (χ4v) is 3.80. The molecule has 0 heterocycles. The Bertz CT molecular complexity index is 556. The van der Waals surface area contributed by atoms with Crippen LogP contribution in [-0.2, 0) is 10.8 Å². The highest BCUT2D eigenvalue weighted by atomic mass is 35.5. The summed E-state index contributed by atoms with van der Waals surface area (Å²) in [6.07, 6.45) is 3.95. The van der Waals surface area contributed by atoms with Crippen LogP contribution < -0.4 is 0 Å². The summed E-state index contributed by atoms with van der Waals surface area (Å²) in [5, 5.41) is 1.65. The summed E-state index contributed by atoms with van der Waals surface area (Å²) in [5.41, 5.74) is 2.28. The summed E-state index contributed by atoms with van der Waals surface area (Å²) in [4.78, 5) is 0. The standard InChI is InChI=1S/C16H22Cl2OSi/c1-16(2,3)20(4,5)19-13-6-7-14-11(9-13)8-12(17)10-15(14)18/h8-10H,6-7H2,1-5H3. The molecule has 20 heavy (non-hydrogen) atoms. The van der Waals surface area contributed by atoms with E-state index < -0.39 is 8.32 Å². The van der Waals surface area contributed by atoms with Gasteiger partial charge in [-0.1, -0.05) is 44.0 Å². The number of hydrogen-bond acceptors (Lipinski definition) is 1. The summed E-state index contributed by atoms with van der Waals surface area (Å²) >= 11 is 12.3. The fourth-order valence-electron chi connectivity index (χ4n) is 2.07. The van der Waals surface area contributed by atoms with E-state index in [0.717, 1.165) is 29.2 Å². The van der Waals surface area contributed by atoms with Crippen molar-refractivity contribution in [1.82, 2.24) is 0 Å². The van der Waals surface area contributed by atoms with Crippen LogP contribution in [-0.4, -0.2) is 8.32 Å². The molecule has 2 rings (SSSR count). The number of fused-ring (bicyclic) bond motifs is 1. The number of halogens is 2. The molecule has 0 spiro atoms.